The first kappa shape index (κ1) is 26.4. The van der Waals surface area contributed by atoms with Crippen LogP contribution in [0.5, 0.6) is 5.75 Å². The SMILES string of the molecule is CC(=O)NC1=Nc2ccc(OCCCC(=O)N(C)C3CCCCC3)cc2CN1CC(=O)O.Cl. The van der Waals surface area contributed by atoms with Crippen molar-refractivity contribution in [3.63, 3.8) is 0 Å². The monoisotopic (exact) mass is 480 g/mol. The first-order valence-electron chi connectivity index (χ1n) is 11.2. The lowest BCUT2D eigenvalue weighted by atomic mass is 9.94. The van der Waals surface area contributed by atoms with Crippen LogP contribution in [0.1, 0.15) is 57.4 Å². The third kappa shape index (κ3) is 7.63. The average molecular weight is 481 g/mol. The number of carboxylic acids is 1. The highest BCUT2D eigenvalue weighted by atomic mass is 35.5. The number of rotatable bonds is 8. The molecular formula is C23H33ClN4O5. The van der Waals surface area contributed by atoms with Gasteiger partial charge in [-0.3, -0.25) is 19.7 Å². The number of guanidine groups is 1. The molecule has 1 aromatic carbocycles. The molecule has 0 radical (unpaired) electrons. The quantitative estimate of drug-likeness (QED) is 0.553. The minimum atomic E-state index is -1.01. The number of hydrogen-bond donors (Lipinski definition) is 2. The van der Waals surface area contributed by atoms with Crippen LogP contribution in [0, 0.1) is 0 Å². The number of amides is 2. The number of nitrogens with zero attached hydrogens (tertiary/aromatic N) is 3. The van der Waals surface area contributed by atoms with Crippen molar-refractivity contribution in [3.8, 4) is 5.75 Å². The molecule has 0 aromatic heterocycles. The minimum Gasteiger partial charge on any atom is -0.494 e. The Labute approximate surface area is 200 Å². The zero-order chi connectivity index (χ0) is 23.1. The number of carbonyl (C=O) groups excluding carboxylic acids is 2. The zero-order valence-electron chi connectivity index (χ0n) is 19.2. The van der Waals surface area contributed by atoms with Crippen LogP contribution < -0.4 is 10.1 Å². The Morgan fingerprint density at radius 3 is 2.64 bits per heavy atom. The summed E-state index contributed by atoms with van der Waals surface area (Å²) < 4.78 is 5.83. The van der Waals surface area contributed by atoms with Gasteiger partial charge in [-0.2, -0.15) is 0 Å². The number of nitrogens with one attached hydrogen (secondary N) is 1. The number of hydrogen-bond acceptors (Lipinski definition) is 6. The normalized spacial score (nSPS) is 15.6. The van der Waals surface area contributed by atoms with E-state index in [9.17, 15) is 14.4 Å². The van der Waals surface area contributed by atoms with E-state index in [0.29, 0.717) is 43.5 Å². The van der Waals surface area contributed by atoms with E-state index in [4.69, 9.17) is 9.84 Å². The van der Waals surface area contributed by atoms with Crippen LogP contribution in [0.25, 0.3) is 0 Å². The Kier molecular flexibility index (Phi) is 9.96. The standard InChI is InChI=1S/C23H32N4O5.ClH/c1-16(28)24-23-25-20-11-10-19(13-17(20)14-27(23)15-22(30)31)32-12-6-9-21(29)26(2)18-7-4-3-5-8-18;/h10-11,13,18H,3-9,12,14-15H2,1-2H3,(H,30,31)(H,24,25,28);1H. The second-order valence-electron chi connectivity index (χ2n) is 8.41. The summed E-state index contributed by atoms with van der Waals surface area (Å²) in [4.78, 5) is 42.8. The molecule has 9 nitrogen and oxygen atoms in total. The lowest BCUT2D eigenvalue weighted by Crippen LogP contribution is -2.46. The number of aliphatic carboxylic acids is 1. The first-order chi connectivity index (χ1) is 15.3. The number of carbonyl (C=O) groups is 3. The molecule has 1 aliphatic carbocycles. The van der Waals surface area contributed by atoms with Gasteiger partial charge < -0.3 is 19.6 Å². The van der Waals surface area contributed by atoms with Crippen molar-refractivity contribution in [1.82, 2.24) is 15.1 Å². The van der Waals surface area contributed by atoms with E-state index in [1.54, 1.807) is 12.1 Å². The molecule has 0 unspecified atom stereocenters. The third-order valence-electron chi connectivity index (χ3n) is 5.87. The highest BCUT2D eigenvalue weighted by Gasteiger charge is 2.24. The number of halogens is 1. The maximum Gasteiger partial charge on any atom is 0.323 e. The second-order valence-corrected chi connectivity index (χ2v) is 8.41. The predicted molar refractivity (Wildman–Crippen MR) is 127 cm³/mol. The molecule has 0 spiro atoms. The third-order valence-corrected chi connectivity index (χ3v) is 5.87. The maximum atomic E-state index is 12.4. The van der Waals surface area contributed by atoms with Gasteiger partial charge in [-0.05, 0) is 37.5 Å². The minimum absolute atomic E-state index is 0. The summed E-state index contributed by atoms with van der Waals surface area (Å²) in [7, 11) is 1.90. The summed E-state index contributed by atoms with van der Waals surface area (Å²) in [5, 5.41) is 11.7. The lowest BCUT2D eigenvalue weighted by Gasteiger charge is -2.31. The molecule has 0 atom stereocenters. The predicted octanol–water partition coefficient (Wildman–Crippen LogP) is 3.08. The molecular weight excluding hydrogens is 448 g/mol. The number of carboxylic acid groups (broad SMARTS) is 1. The maximum absolute atomic E-state index is 12.4. The van der Waals surface area contributed by atoms with Crippen molar-refractivity contribution in [1.29, 1.82) is 0 Å². The highest BCUT2D eigenvalue weighted by molar-refractivity contribution is 5.99. The molecule has 10 heteroatoms. The Balaban J connectivity index is 0.00000385. The fourth-order valence-electron chi connectivity index (χ4n) is 4.17. The molecule has 0 bridgehead atoms. The van der Waals surface area contributed by atoms with Crippen LogP contribution in [0.15, 0.2) is 23.2 Å². The molecule has 2 aliphatic rings. The molecule has 1 saturated carbocycles. The van der Waals surface area contributed by atoms with Crippen molar-refractivity contribution < 1.29 is 24.2 Å². The van der Waals surface area contributed by atoms with Crippen molar-refractivity contribution in [2.24, 2.45) is 4.99 Å². The van der Waals surface area contributed by atoms with E-state index in [1.807, 2.05) is 18.0 Å². The molecule has 182 valence electrons. The first-order valence-corrected chi connectivity index (χ1v) is 11.2. The number of aliphatic imine (C=N–C) groups is 1. The molecule has 1 heterocycles. The van der Waals surface area contributed by atoms with Gasteiger partial charge in [0.05, 0.1) is 12.3 Å². The topological polar surface area (TPSA) is 112 Å². The van der Waals surface area contributed by atoms with E-state index < -0.39 is 5.97 Å². The summed E-state index contributed by atoms with van der Waals surface area (Å²) in [5.41, 5.74) is 1.47. The van der Waals surface area contributed by atoms with E-state index in [0.717, 1.165) is 18.4 Å². The van der Waals surface area contributed by atoms with Gasteiger partial charge in [-0.15, -0.1) is 12.4 Å². The largest absolute Gasteiger partial charge is 0.494 e. The van der Waals surface area contributed by atoms with Gasteiger partial charge in [0.2, 0.25) is 17.8 Å². The van der Waals surface area contributed by atoms with Crippen LogP contribution >= 0.6 is 12.4 Å². The number of ether oxygens (including phenoxy) is 1. The number of benzene rings is 1. The molecule has 1 aromatic rings. The Hall–Kier alpha value is -2.81. The molecule has 2 amide bonds. The van der Waals surface area contributed by atoms with Gasteiger partial charge >= 0.3 is 5.97 Å². The van der Waals surface area contributed by atoms with Crippen LogP contribution in [-0.4, -0.2) is 64.9 Å². The van der Waals surface area contributed by atoms with Gasteiger partial charge in [0.25, 0.3) is 0 Å². The van der Waals surface area contributed by atoms with Crippen molar-refractivity contribution in [3.05, 3.63) is 23.8 Å². The van der Waals surface area contributed by atoms with E-state index in [1.165, 1.54) is 31.1 Å². The lowest BCUT2D eigenvalue weighted by molar-refractivity contribution is -0.137. The molecule has 1 fully saturated rings. The molecule has 1 aliphatic heterocycles. The molecule has 2 N–H and O–H groups in total. The van der Waals surface area contributed by atoms with Crippen LogP contribution in [-0.2, 0) is 20.9 Å². The average Bonchev–Trinajstić information content (AvgIpc) is 2.76. The Bertz CT molecular complexity index is 886. The van der Waals surface area contributed by atoms with Gasteiger partial charge in [0.1, 0.15) is 12.3 Å². The summed E-state index contributed by atoms with van der Waals surface area (Å²) in [6.07, 6.45) is 6.93. The van der Waals surface area contributed by atoms with E-state index >= 15 is 0 Å². The molecule has 0 saturated heterocycles. The summed E-state index contributed by atoms with van der Waals surface area (Å²) in [6, 6.07) is 5.77. The van der Waals surface area contributed by atoms with Crippen molar-refractivity contribution >= 4 is 41.8 Å². The van der Waals surface area contributed by atoms with Gasteiger partial charge in [0, 0.05) is 38.5 Å². The summed E-state index contributed by atoms with van der Waals surface area (Å²) in [5.74, 6) is -0.296. The smallest absolute Gasteiger partial charge is 0.323 e. The highest BCUT2D eigenvalue weighted by Crippen LogP contribution is 2.29. The van der Waals surface area contributed by atoms with Crippen molar-refractivity contribution in [2.45, 2.75) is 64.5 Å². The van der Waals surface area contributed by atoms with Gasteiger partial charge in [0.15, 0.2) is 0 Å². The van der Waals surface area contributed by atoms with Gasteiger partial charge in [-0.1, -0.05) is 19.3 Å². The Morgan fingerprint density at radius 2 is 1.97 bits per heavy atom. The fraction of sp³-hybridized carbons (Fsp3) is 0.565. The fourth-order valence-corrected chi connectivity index (χ4v) is 4.17. The summed E-state index contributed by atoms with van der Waals surface area (Å²) in [6.45, 7) is 1.79. The van der Waals surface area contributed by atoms with E-state index in [2.05, 4.69) is 10.3 Å². The second kappa shape index (κ2) is 12.4. The molecule has 3 rings (SSSR count). The van der Waals surface area contributed by atoms with Crippen LogP contribution in [0.4, 0.5) is 5.69 Å². The van der Waals surface area contributed by atoms with Crippen molar-refractivity contribution in [2.75, 3.05) is 20.2 Å². The van der Waals surface area contributed by atoms with Crippen LogP contribution in [0.3, 0.4) is 0 Å². The zero-order valence-corrected chi connectivity index (χ0v) is 20.0. The summed E-state index contributed by atoms with van der Waals surface area (Å²) >= 11 is 0. The van der Waals surface area contributed by atoms with Crippen LogP contribution in [0.2, 0.25) is 0 Å². The molecule has 33 heavy (non-hydrogen) atoms. The van der Waals surface area contributed by atoms with E-state index in [-0.39, 0.29) is 36.7 Å². The van der Waals surface area contributed by atoms with Gasteiger partial charge in [-0.25, -0.2) is 4.99 Å². The Morgan fingerprint density at radius 1 is 1.24 bits per heavy atom. The number of fused-ring (bicyclic) bond motifs is 1.